The zero-order chi connectivity index (χ0) is 19.0. The van der Waals surface area contributed by atoms with E-state index >= 15 is 0 Å². The lowest BCUT2D eigenvalue weighted by molar-refractivity contribution is -0.136. The Morgan fingerprint density at radius 2 is 1.93 bits per heavy atom. The van der Waals surface area contributed by atoms with Crippen LogP contribution in [0.4, 0.5) is 5.69 Å². The summed E-state index contributed by atoms with van der Waals surface area (Å²) < 4.78 is 2.09. The van der Waals surface area contributed by atoms with E-state index in [9.17, 15) is 9.90 Å². The molecule has 4 rings (SSSR count). The van der Waals surface area contributed by atoms with Crippen LogP contribution in [0, 0.1) is 3.95 Å². The number of fused-ring (bicyclic) bond motifs is 1. The van der Waals surface area contributed by atoms with Gasteiger partial charge in [-0.15, -0.1) is 11.3 Å². The molecule has 0 amide bonds. The van der Waals surface area contributed by atoms with Gasteiger partial charge < -0.3 is 10.2 Å². The first kappa shape index (κ1) is 17.4. The maximum absolute atomic E-state index is 10.8. The molecular formula is C20H14N2O3S2. The summed E-state index contributed by atoms with van der Waals surface area (Å²) in [6, 6.07) is 14.8. The van der Waals surface area contributed by atoms with Crippen molar-refractivity contribution in [1.29, 1.82) is 0 Å². The Balaban J connectivity index is 1.71. The van der Waals surface area contributed by atoms with E-state index in [4.69, 9.17) is 17.3 Å². The van der Waals surface area contributed by atoms with Gasteiger partial charge >= 0.3 is 5.97 Å². The Morgan fingerprint density at radius 3 is 2.67 bits per heavy atom. The molecule has 0 saturated carbocycles. The number of aliphatic imine (C=N–C) groups is 1. The van der Waals surface area contributed by atoms with Crippen molar-refractivity contribution in [1.82, 2.24) is 4.57 Å². The third-order valence-electron chi connectivity index (χ3n) is 4.21. The summed E-state index contributed by atoms with van der Waals surface area (Å²) in [5, 5.41) is 19.6. The quantitative estimate of drug-likeness (QED) is 0.620. The minimum Gasteiger partial charge on any atom is -0.493 e. The maximum atomic E-state index is 10.8. The first-order valence-corrected chi connectivity index (χ1v) is 9.36. The summed E-state index contributed by atoms with van der Waals surface area (Å²) in [6.07, 6.45) is 3.61. The summed E-state index contributed by atoms with van der Waals surface area (Å²) in [5.74, 6) is -0.827. The van der Waals surface area contributed by atoms with Crippen LogP contribution in [0.5, 0.6) is 5.88 Å². The molecule has 1 aliphatic rings. The summed E-state index contributed by atoms with van der Waals surface area (Å²) in [5.41, 5.74) is 4.21. The molecule has 0 radical (unpaired) electrons. The predicted molar refractivity (Wildman–Crippen MR) is 110 cm³/mol. The summed E-state index contributed by atoms with van der Waals surface area (Å²) >= 11 is 6.74. The molecule has 0 spiro atoms. The average molecular weight is 394 g/mol. The van der Waals surface area contributed by atoms with Crippen LogP contribution in [0.3, 0.4) is 0 Å². The normalized spacial score (nSPS) is 13.9. The predicted octanol–water partition coefficient (Wildman–Crippen LogP) is 4.86. The number of hydrogen-bond acceptors (Lipinski definition) is 5. The molecule has 0 atom stereocenters. The van der Waals surface area contributed by atoms with Crippen LogP contribution in [0.2, 0.25) is 0 Å². The van der Waals surface area contributed by atoms with Crippen molar-refractivity contribution < 1.29 is 15.0 Å². The van der Waals surface area contributed by atoms with E-state index in [2.05, 4.69) is 4.99 Å². The third kappa shape index (κ3) is 3.34. The lowest BCUT2D eigenvalue weighted by atomic mass is 10.1. The van der Waals surface area contributed by atoms with Gasteiger partial charge in [-0.25, -0.2) is 0 Å². The molecule has 3 aromatic rings. The van der Waals surface area contributed by atoms with Gasteiger partial charge in [0.15, 0.2) is 3.95 Å². The van der Waals surface area contributed by atoms with E-state index in [0.29, 0.717) is 20.1 Å². The minimum atomic E-state index is -0.884. The highest BCUT2D eigenvalue weighted by molar-refractivity contribution is 7.73. The van der Waals surface area contributed by atoms with Crippen LogP contribution in [0.15, 0.2) is 53.5 Å². The van der Waals surface area contributed by atoms with Crippen molar-refractivity contribution >= 4 is 53.1 Å². The Kier molecular flexibility index (Phi) is 4.47. The number of thiazole rings is 1. The standard InChI is InChI=1S/C20H14N2O3S2/c23-18(24)9-12-5-7-14(8-6-12)22-19(25)17(27-20(22)26)10-13-11-21-16-4-2-1-3-15(13)16/h1-8,10-11,25H,9H2,(H,23,24). The van der Waals surface area contributed by atoms with Gasteiger partial charge in [0.05, 0.1) is 22.7 Å². The first-order valence-electron chi connectivity index (χ1n) is 8.14. The highest BCUT2D eigenvalue weighted by Crippen LogP contribution is 2.36. The molecule has 0 unspecified atom stereocenters. The zero-order valence-corrected chi connectivity index (χ0v) is 15.6. The SMILES string of the molecule is O=C(O)Cc1ccc(-n2c(O)c(C=C3C=Nc4ccccc43)sc2=S)cc1. The Morgan fingerprint density at radius 1 is 1.19 bits per heavy atom. The molecule has 2 N–H and O–H groups in total. The van der Waals surface area contributed by atoms with Crippen LogP contribution in [0.25, 0.3) is 17.3 Å². The van der Waals surface area contributed by atoms with Crippen LogP contribution in [0.1, 0.15) is 16.0 Å². The number of aliphatic carboxylic acids is 1. The molecule has 0 aliphatic carbocycles. The summed E-state index contributed by atoms with van der Waals surface area (Å²) in [4.78, 5) is 15.8. The molecule has 0 fully saturated rings. The van der Waals surface area contributed by atoms with Gasteiger partial charge in [0.25, 0.3) is 0 Å². The molecule has 0 saturated heterocycles. The number of rotatable bonds is 4. The monoisotopic (exact) mass is 394 g/mol. The van der Waals surface area contributed by atoms with Crippen LogP contribution >= 0.6 is 23.6 Å². The molecule has 1 aliphatic heterocycles. The van der Waals surface area contributed by atoms with E-state index in [-0.39, 0.29) is 12.3 Å². The van der Waals surface area contributed by atoms with Gasteiger partial charge in [0.1, 0.15) is 0 Å². The van der Waals surface area contributed by atoms with Crippen LogP contribution in [-0.4, -0.2) is 27.0 Å². The third-order valence-corrected chi connectivity index (χ3v) is 5.52. The number of carbonyl (C=O) groups is 1. The highest BCUT2D eigenvalue weighted by Gasteiger charge is 2.16. The topological polar surface area (TPSA) is 74.8 Å². The van der Waals surface area contributed by atoms with E-state index in [1.807, 2.05) is 30.3 Å². The van der Waals surface area contributed by atoms with Crippen LogP contribution < -0.4 is 0 Å². The zero-order valence-electron chi connectivity index (χ0n) is 14.0. The van der Waals surface area contributed by atoms with E-state index in [1.165, 1.54) is 11.3 Å². The number of allylic oxidation sites excluding steroid dienone is 1. The van der Waals surface area contributed by atoms with Gasteiger partial charge in [-0.2, -0.15) is 0 Å². The lowest BCUT2D eigenvalue weighted by Crippen LogP contribution is -2.00. The van der Waals surface area contributed by atoms with Crippen molar-refractivity contribution in [3.05, 3.63) is 68.5 Å². The highest BCUT2D eigenvalue weighted by atomic mass is 32.1. The fraction of sp³-hybridized carbons (Fsp3) is 0.0500. The lowest BCUT2D eigenvalue weighted by Gasteiger charge is -2.06. The second-order valence-corrected chi connectivity index (χ2v) is 7.68. The minimum absolute atomic E-state index is 0.0443. The van der Waals surface area contributed by atoms with Gasteiger partial charge in [0.2, 0.25) is 5.88 Å². The number of benzene rings is 2. The Bertz CT molecular complexity index is 1150. The molecule has 7 heteroatoms. The van der Waals surface area contributed by atoms with E-state index in [1.54, 1.807) is 35.0 Å². The Labute approximate surface area is 164 Å². The molecule has 1 aromatic heterocycles. The first-order chi connectivity index (χ1) is 13.0. The summed E-state index contributed by atoms with van der Waals surface area (Å²) in [6.45, 7) is 0. The number of para-hydroxylation sites is 1. The van der Waals surface area contributed by atoms with Gasteiger partial charge in [0, 0.05) is 17.4 Å². The van der Waals surface area contributed by atoms with Crippen molar-refractivity contribution in [2.45, 2.75) is 6.42 Å². The molecule has 134 valence electrons. The van der Waals surface area contributed by atoms with Crippen molar-refractivity contribution in [3.8, 4) is 11.6 Å². The molecule has 5 nitrogen and oxygen atoms in total. The average Bonchev–Trinajstić information content (AvgIpc) is 3.17. The number of carboxylic acid groups (broad SMARTS) is 1. The van der Waals surface area contributed by atoms with Gasteiger partial charge in [-0.1, -0.05) is 30.3 Å². The molecule has 0 bridgehead atoms. The number of carboxylic acids is 1. The second-order valence-electron chi connectivity index (χ2n) is 6.00. The maximum Gasteiger partial charge on any atom is 0.307 e. The number of aromatic hydroxyl groups is 1. The van der Waals surface area contributed by atoms with Crippen molar-refractivity contribution in [3.63, 3.8) is 0 Å². The number of aromatic nitrogens is 1. The molecule has 2 heterocycles. The number of hydrogen-bond donors (Lipinski definition) is 2. The largest absolute Gasteiger partial charge is 0.493 e. The summed E-state index contributed by atoms with van der Waals surface area (Å²) in [7, 11) is 0. The van der Waals surface area contributed by atoms with E-state index in [0.717, 1.165) is 16.8 Å². The van der Waals surface area contributed by atoms with Crippen LogP contribution in [-0.2, 0) is 11.2 Å². The van der Waals surface area contributed by atoms with Gasteiger partial charge in [-0.05, 0) is 42.1 Å². The molecular weight excluding hydrogens is 380 g/mol. The fourth-order valence-corrected chi connectivity index (χ4v) is 4.24. The van der Waals surface area contributed by atoms with Crippen molar-refractivity contribution in [2.24, 2.45) is 4.99 Å². The smallest absolute Gasteiger partial charge is 0.307 e. The Hall–Kier alpha value is -3.03. The second kappa shape index (κ2) is 6.94. The molecule has 27 heavy (non-hydrogen) atoms. The van der Waals surface area contributed by atoms with Crippen molar-refractivity contribution in [2.75, 3.05) is 0 Å². The molecule has 2 aromatic carbocycles. The fourth-order valence-electron chi connectivity index (χ4n) is 2.94. The van der Waals surface area contributed by atoms with E-state index < -0.39 is 5.97 Å². The van der Waals surface area contributed by atoms with Gasteiger partial charge in [-0.3, -0.25) is 14.4 Å². The number of nitrogens with zero attached hydrogens (tertiary/aromatic N) is 2.